The Hall–Kier alpha value is -5.86. The number of rotatable bonds is 10. The molecule has 0 saturated carbocycles. The number of benzene rings is 5. The molecule has 0 radical (unpaired) electrons. The first-order chi connectivity index (χ1) is 25.6. The molecule has 0 aromatic heterocycles. The number of hydrogen-bond acceptors (Lipinski definition) is 2. The van der Waals surface area contributed by atoms with Gasteiger partial charge in [0, 0.05) is 46.3 Å². The Labute approximate surface area is 316 Å². The van der Waals surface area contributed by atoms with Crippen LogP contribution < -0.4 is 30.7 Å². The van der Waals surface area contributed by atoms with Crippen molar-refractivity contribution in [3.05, 3.63) is 207 Å². The monoisotopic (exact) mass is 692 g/mol. The van der Waals surface area contributed by atoms with Crippen LogP contribution >= 0.6 is 0 Å². The summed E-state index contributed by atoms with van der Waals surface area (Å²) in [5, 5.41) is 4.93. The highest BCUT2D eigenvalue weighted by molar-refractivity contribution is 5.96. The molecule has 2 nitrogen and oxygen atoms in total. The van der Waals surface area contributed by atoms with E-state index in [-0.39, 0.29) is 5.92 Å². The summed E-state index contributed by atoms with van der Waals surface area (Å²) >= 11 is 0. The van der Waals surface area contributed by atoms with E-state index in [1.54, 1.807) is 0 Å². The summed E-state index contributed by atoms with van der Waals surface area (Å²) in [5.41, 5.74) is 13.5. The van der Waals surface area contributed by atoms with E-state index < -0.39 is 0 Å². The minimum absolute atomic E-state index is 0.242. The second-order valence-corrected chi connectivity index (χ2v) is 14.6. The van der Waals surface area contributed by atoms with Crippen molar-refractivity contribution in [1.29, 1.82) is 0 Å². The first kappa shape index (κ1) is 36.9. The lowest BCUT2D eigenvalue weighted by molar-refractivity contribution is 0.744. The van der Waals surface area contributed by atoms with Gasteiger partial charge in [-0.3, -0.25) is 0 Å². The third-order valence-corrected chi connectivity index (χ3v) is 9.88. The van der Waals surface area contributed by atoms with Crippen LogP contribution in [0.4, 0.5) is 17.1 Å². The third kappa shape index (κ3) is 8.62. The van der Waals surface area contributed by atoms with Crippen LogP contribution in [0.2, 0.25) is 0 Å². The quantitative estimate of drug-likeness (QED) is 0.134. The lowest BCUT2D eigenvalue weighted by atomic mass is 9.83. The van der Waals surface area contributed by atoms with Gasteiger partial charge in [0.1, 0.15) is 0 Å². The topological polar surface area (TPSA) is 6.48 Å². The zero-order valence-corrected chi connectivity index (χ0v) is 32.4. The molecule has 5 aromatic carbocycles. The minimum atomic E-state index is 0.242. The maximum Gasteiger partial charge on any atom is 0.0458 e. The van der Waals surface area contributed by atoms with Gasteiger partial charge in [-0.2, -0.15) is 0 Å². The lowest BCUT2D eigenvalue weighted by Crippen LogP contribution is -2.41. The van der Waals surface area contributed by atoms with Gasteiger partial charge in [0.25, 0.3) is 0 Å². The molecule has 53 heavy (non-hydrogen) atoms. The van der Waals surface area contributed by atoms with Crippen molar-refractivity contribution in [3.8, 4) is 0 Å². The van der Waals surface area contributed by atoms with Gasteiger partial charge in [-0.15, -0.1) is 0 Å². The molecule has 0 fully saturated rings. The Morgan fingerprint density at radius 2 is 1.19 bits per heavy atom. The molecule has 2 heteroatoms. The third-order valence-electron chi connectivity index (χ3n) is 9.88. The van der Waals surface area contributed by atoms with Crippen molar-refractivity contribution in [3.63, 3.8) is 0 Å². The summed E-state index contributed by atoms with van der Waals surface area (Å²) < 4.78 is 0. The van der Waals surface area contributed by atoms with Crippen LogP contribution in [0.3, 0.4) is 0 Å². The maximum absolute atomic E-state index is 3.93. The van der Waals surface area contributed by atoms with Crippen molar-refractivity contribution in [2.45, 2.75) is 54.9 Å². The zero-order valence-electron chi connectivity index (χ0n) is 32.4. The fraction of sp³-hybridized carbons (Fsp3) is 0.176. The van der Waals surface area contributed by atoms with Gasteiger partial charge in [-0.05, 0) is 117 Å². The SMILES string of the molecule is C=C/C(C)=C\C=C\N(/C=c1\cccc\c1=C(\C=C(C)C)C1=c2ccccc2=C(N(c2ccc(C)cc2)c2ccc(C)cc2)C(C)C1)c1ccc(C)cc1. The highest BCUT2D eigenvalue weighted by atomic mass is 15.2. The number of allylic oxidation sites excluding steroid dienone is 6. The van der Waals surface area contributed by atoms with Gasteiger partial charge in [0.2, 0.25) is 0 Å². The second kappa shape index (κ2) is 16.7. The van der Waals surface area contributed by atoms with Crippen molar-refractivity contribution >= 4 is 40.1 Å². The average Bonchev–Trinajstić information content (AvgIpc) is 3.16. The lowest BCUT2D eigenvalue weighted by Gasteiger charge is -2.34. The first-order valence-corrected chi connectivity index (χ1v) is 18.7. The molecule has 0 saturated heterocycles. The number of fused-ring (bicyclic) bond motifs is 1. The van der Waals surface area contributed by atoms with Crippen LogP contribution in [-0.2, 0) is 0 Å². The van der Waals surface area contributed by atoms with Gasteiger partial charge in [0.05, 0.1) is 0 Å². The molecule has 6 rings (SSSR count). The molecule has 1 unspecified atom stereocenters. The van der Waals surface area contributed by atoms with Crippen LogP contribution in [0.15, 0.2) is 170 Å². The highest BCUT2D eigenvalue weighted by Gasteiger charge is 2.26. The summed E-state index contributed by atoms with van der Waals surface area (Å²) in [7, 11) is 0. The van der Waals surface area contributed by atoms with E-state index >= 15 is 0 Å². The predicted molar refractivity (Wildman–Crippen MR) is 231 cm³/mol. The van der Waals surface area contributed by atoms with Gasteiger partial charge in [-0.1, -0.05) is 144 Å². The summed E-state index contributed by atoms with van der Waals surface area (Å²) in [4.78, 5) is 4.70. The zero-order chi connectivity index (χ0) is 37.5. The Balaban J connectivity index is 1.67. The molecular weight excluding hydrogens is 641 g/mol. The molecule has 0 bridgehead atoms. The second-order valence-electron chi connectivity index (χ2n) is 14.6. The van der Waals surface area contributed by atoms with Gasteiger partial charge in [0.15, 0.2) is 0 Å². The predicted octanol–water partition coefficient (Wildman–Crippen LogP) is 10.5. The highest BCUT2D eigenvalue weighted by Crippen LogP contribution is 2.38. The summed E-state index contributed by atoms with van der Waals surface area (Å²) in [5.74, 6) is 0.242. The first-order valence-electron chi connectivity index (χ1n) is 18.7. The Kier molecular flexibility index (Phi) is 11.6. The van der Waals surface area contributed by atoms with Gasteiger partial charge in [-0.25, -0.2) is 0 Å². The molecule has 0 heterocycles. The van der Waals surface area contributed by atoms with E-state index in [4.69, 9.17) is 0 Å². The number of aryl methyl sites for hydroxylation is 3. The van der Waals surface area contributed by atoms with E-state index in [2.05, 4.69) is 217 Å². The van der Waals surface area contributed by atoms with E-state index in [1.807, 2.05) is 6.08 Å². The van der Waals surface area contributed by atoms with Crippen molar-refractivity contribution < 1.29 is 0 Å². The Morgan fingerprint density at radius 1 is 0.660 bits per heavy atom. The van der Waals surface area contributed by atoms with Crippen LogP contribution in [0, 0.1) is 26.7 Å². The van der Waals surface area contributed by atoms with Crippen molar-refractivity contribution in [1.82, 2.24) is 0 Å². The molecule has 0 aliphatic heterocycles. The van der Waals surface area contributed by atoms with Gasteiger partial charge >= 0.3 is 0 Å². The number of hydrogen-bond donors (Lipinski definition) is 0. The maximum atomic E-state index is 3.93. The summed E-state index contributed by atoms with van der Waals surface area (Å²) in [6.07, 6.45) is 13.7. The summed E-state index contributed by atoms with van der Waals surface area (Å²) in [6.45, 7) is 19.2. The smallest absolute Gasteiger partial charge is 0.0458 e. The summed E-state index contributed by atoms with van der Waals surface area (Å²) in [6, 6.07) is 44.4. The molecule has 5 aromatic rings. The Bertz CT molecular complexity index is 2390. The van der Waals surface area contributed by atoms with E-state index in [1.165, 1.54) is 66.1 Å². The van der Waals surface area contributed by atoms with E-state index in [0.29, 0.717) is 0 Å². The van der Waals surface area contributed by atoms with Crippen molar-refractivity contribution in [2.75, 3.05) is 9.80 Å². The van der Waals surface area contributed by atoms with Crippen LogP contribution in [-0.4, -0.2) is 0 Å². The molecule has 1 aliphatic rings. The Morgan fingerprint density at radius 3 is 1.75 bits per heavy atom. The molecule has 266 valence electrons. The normalized spacial score (nSPS) is 15.3. The molecule has 1 atom stereocenters. The van der Waals surface area contributed by atoms with Gasteiger partial charge < -0.3 is 9.80 Å². The molecular formula is C51H52N2. The van der Waals surface area contributed by atoms with Crippen molar-refractivity contribution in [2.24, 2.45) is 5.92 Å². The van der Waals surface area contributed by atoms with Crippen LogP contribution in [0.1, 0.15) is 50.8 Å². The fourth-order valence-corrected chi connectivity index (χ4v) is 7.06. The molecule has 0 amide bonds. The fourth-order valence-electron chi connectivity index (χ4n) is 7.06. The minimum Gasteiger partial charge on any atom is -0.323 e. The number of anilines is 3. The number of nitrogens with zero attached hydrogens (tertiary/aromatic N) is 2. The van der Waals surface area contributed by atoms with Crippen LogP contribution in [0.5, 0.6) is 0 Å². The largest absolute Gasteiger partial charge is 0.323 e. The van der Waals surface area contributed by atoms with E-state index in [0.717, 1.165) is 22.9 Å². The van der Waals surface area contributed by atoms with E-state index in [9.17, 15) is 0 Å². The average molecular weight is 693 g/mol. The molecule has 1 aliphatic carbocycles. The standard InChI is InChI=1S/C51H52N2/c1-9-37(4)15-14-32-52(43-26-20-38(5)21-27-43)35-42-16-10-11-17-46(42)49(33-36(2)3)50-34-41(8)51(48-19-13-12-18-47(48)50)53(44-28-22-39(6)23-29-44)45-30-24-40(7)25-31-45/h9-33,35,41H,1,34H2,2-8H3/b32-14+,37-15-,42-35+,49-46+. The molecule has 0 N–H and O–H groups in total. The van der Waals surface area contributed by atoms with Crippen LogP contribution in [0.25, 0.3) is 23.0 Å². The molecule has 0 spiro atoms.